The Labute approximate surface area is 93.8 Å². The van der Waals surface area contributed by atoms with Crippen molar-refractivity contribution in [2.24, 2.45) is 0 Å². The van der Waals surface area contributed by atoms with Gasteiger partial charge >= 0.3 is 0 Å². The fourth-order valence-electron chi connectivity index (χ4n) is 1.52. The maximum Gasteiger partial charge on any atom is 0.103 e. The van der Waals surface area contributed by atoms with Crippen LogP contribution in [0.1, 0.15) is 11.1 Å². The van der Waals surface area contributed by atoms with Crippen LogP contribution in [0.25, 0.3) is 0 Å². The van der Waals surface area contributed by atoms with Crippen molar-refractivity contribution in [1.29, 1.82) is 0 Å². The van der Waals surface area contributed by atoms with E-state index in [1.165, 1.54) is 21.5 Å². The van der Waals surface area contributed by atoms with E-state index < -0.39 is 0 Å². The van der Waals surface area contributed by atoms with Gasteiger partial charge in [-0.3, -0.25) is 0 Å². The predicted octanol–water partition coefficient (Wildman–Crippen LogP) is 1.69. The summed E-state index contributed by atoms with van der Waals surface area (Å²) in [6.45, 7) is 4.26. The Bertz CT molecular complexity index is 382. The zero-order chi connectivity index (χ0) is 10.7. The second kappa shape index (κ2) is 4.45. The van der Waals surface area contributed by atoms with Crippen LogP contribution >= 0.6 is 0 Å². The lowest BCUT2D eigenvalue weighted by Gasteiger charge is -2.02. The van der Waals surface area contributed by atoms with E-state index in [0.29, 0.717) is 0 Å². The quantitative estimate of drug-likeness (QED) is 0.663. The van der Waals surface area contributed by atoms with Crippen molar-refractivity contribution < 1.29 is 0 Å². The summed E-state index contributed by atoms with van der Waals surface area (Å²) in [4.78, 5) is 0. The first-order valence-corrected chi connectivity index (χ1v) is 6.37. The Balaban J connectivity index is 2.15. The maximum atomic E-state index is 2.24. The monoisotopic (exact) mass is 211 g/mol. The Morgan fingerprint density at radius 3 is 1.27 bits per heavy atom. The predicted molar refractivity (Wildman–Crippen MR) is 68.8 cm³/mol. The molecule has 2 aromatic rings. The molecule has 0 atom stereocenters. The third-order valence-electron chi connectivity index (χ3n) is 2.49. The largest absolute Gasteiger partial charge is 0.103 e. The van der Waals surface area contributed by atoms with Crippen molar-refractivity contribution in [1.82, 2.24) is 0 Å². The van der Waals surface area contributed by atoms with Gasteiger partial charge in [-0.15, -0.1) is 0 Å². The van der Waals surface area contributed by atoms with Gasteiger partial charge in [-0.1, -0.05) is 70.0 Å². The average molecular weight is 211 g/mol. The molecule has 0 aliphatic carbocycles. The van der Waals surface area contributed by atoms with Gasteiger partial charge in [-0.05, 0) is 13.8 Å². The van der Waals surface area contributed by atoms with Gasteiger partial charge in [0.1, 0.15) is 9.52 Å². The Morgan fingerprint density at radius 1 is 0.600 bits per heavy atom. The number of aryl methyl sites for hydroxylation is 2. The first-order valence-electron chi connectivity index (χ1n) is 5.22. The van der Waals surface area contributed by atoms with E-state index >= 15 is 0 Å². The van der Waals surface area contributed by atoms with Crippen LogP contribution in [0.15, 0.2) is 48.5 Å². The minimum Gasteiger partial charge on any atom is -0.0629 e. The highest BCUT2D eigenvalue weighted by Gasteiger charge is 1.96. The molecule has 0 saturated carbocycles. The number of hydrogen-bond donors (Lipinski definition) is 0. The van der Waals surface area contributed by atoms with E-state index in [9.17, 15) is 0 Å². The highest BCUT2D eigenvalue weighted by Crippen LogP contribution is 1.94. The lowest BCUT2D eigenvalue weighted by molar-refractivity contribution is 1.48. The van der Waals surface area contributed by atoms with Crippen LogP contribution in [-0.4, -0.2) is 9.52 Å². The summed E-state index contributed by atoms with van der Waals surface area (Å²) >= 11 is 0. The molecule has 1 radical (unpaired) electrons. The smallest absolute Gasteiger partial charge is 0.0629 e. The Kier molecular flexibility index (Phi) is 3.02. The molecule has 0 N–H and O–H groups in total. The van der Waals surface area contributed by atoms with Crippen LogP contribution in [0, 0.1) is 13.8 Å². The van der Waals surface area contributed by atoms with Crippen molar-refractivity contribution in [3.63, 3.8) is 0 Å². The molecule has 15 heavy (non-hydrogen) atoms. The maximum absolute atomic E-state index is 2.24. The van der Waals surface area contributed by atoms with E-state index in [0.717, 1.165) is 0 Å². The van der Waals surface area contributed by atoms with Crippen LogP contribution in [-0.2, 0) is 0 Å². The van der Waals surface area contributed by atoms with E-state index in [1.807, 2.05) is 0 Å². The molecule has 0 nitrogen and oxygen atoms in total. The van der Waals surface area contributed by atoms with Gasteiger partial charge in [0, 0.05) is 0 Å². The third-order valence-corrected chi connectivity index (χ3v) is 3.92. The van der Waals surface area contributed by atoms with Gasteiger partial charge in [0.05, 0.1) is 0 Å². The molecule has 0 amide bonds. The molecule has 0 fully saturated rings. The summed E-state index contributed by atoms with van der Waals surface area (Å²) in [5, 5.41) is 2.92. The molecule has 0 aliphatic heterocycles. The van der Waals surface area contributed by atoms with E-state index in [-0.39, 0.29) is 9.52 Å². The van der Waals surface area contributed by atoms with Gasteiger partial charge in [0.15, 0.2) is 0 Å². The number of rotatable bonds is 2. The molecule has 0 heterocycles. The molecule has 0 unspecified atom stereocenters. The van der Waals surface area contributed by atoms with Crippen LogP contribution < -0.4 is 10.4 Å². The summed E-state index contributed by atoms with van der Waals surface area (Å²) in [5.41, 5.74) is 2.67. The lowest BCUT2D eigenvalue weighted by Crippen LogP contribution is -2.26. The minimum absolute atomic E-state index is 0.252. The van der Waals surface area contributed by atoms with Gasteiger partial charge < -0.3 is 0 Å². The highest BCUT2D eigenvalue weighted by molar-refractivity contribution is 6.67. The van der Waals surface area contributed by atoms with Gasteiger partial charge in [0.2, 0.25) is 0 Å². The fourth-order valence-corrected chi connectivity index (χ4v) is 2.67. The molecule has 75 valence electrons. The second-order valence-electron chi connectivity index (χ2n) is 3.97. The molecule has 0 aliphatic rings. The van der Waals surface area contributed by atoms with Crippen LogP contribution in [0.3, 0.4) is 0 Å². The zero-order valence-electron chi connectivity index (χ0n) is 9.20. The molecule has 0 saturated heterocycles. The van der Waals surface area contributed by atoms with Crippen molar-refractivity contribution in [3.8, 4) is 0 Å². The zero-order valence-corrected chi connectivity index (χ0v) is 10.4. The average Bonchev–Trinajstić information content (AvgIpc) is 2.25. The van der Waals surface area contributed by atoms with Crippen LogP contribution in [0.2, 0.25) is 0 Å². The summed E-state index contributed by atoms with van der Waals surface area (Å²) in [7, 11) is 0.252. The molecule has 0 spiro atoms. The molecule has 2 aromatic carbocycles. The molecule has 1 heteroatoms. The first kappa shape index (κ1) is 10.2. The third kappa shape index (κ3) is 2.80. The SMILES string of the molecule is Cc1ccc([SiH]c2ccc(C)cc2)cc1. The first-order chi connectivity index (χ1) is 7.24. The molecule has 0 aromatic heterocycles. The van der Waals surface area contributed by atoms with E-state index in [1.54, 1.807) is 0 Å². The Morgan fingerprint density at radius 2 is 0.933 bits per heavy atom. The van der Waals surface area contributed by atoms with Crippen molar-refractivity contribution >= 4 is 19.9 Å². The fraction of sp³-hybridized carbons (Fsp3) is 0.143. The minimum atomic E-state index is 0.252. The second-order valence-corrected chi connectivity index (χ2v) is 5.59. The molecule has 2 rings (SSSR count). The van der Waals surface area contributed by atoms with Crippen molar-refractivity contribution in [3.05, 3.63) is 59.7 Å². The highest BCUT2D eigenvalue weighted by atomic mass is 28.2. The van der Waals surface area contributed by atoms with Gasteiger partial charge in [-0.2, -0.15) is 0 Å². The summed E-state index contributed by atoms with van der Waals surface area (Å²) in [5.74, 6) is 0. The lowest BCUT2D eigenvalue weighted by atomic mass is 10.2. The standard InChI is InChI=1S/C14H15Si/c1-11-3-7-13(8-4-11)15-14-9-5-12(2)6-10-14/h3-10,15H,1-2H3. The summed E-state index contributed by atoms with van der Waals surface area (Å²) in [6, 6.07) is 17.7. The Hall–Kier alpha value is -1.34. The number of benzene rings is 2. The molecule has 0 bridgehead atoms. The van der Waals surface area contributed by atoms with Gasteiger partial charge in [-0.25, -0.2) is 0 Å². The summed E-state index contributed by atoms with van der Waals surface area (Å²) in [6.07, 6.45) is 0. The van der Waals surface area contributed by atoms with E-state index in [2.05, 4.69) is 62.4 Å². The normalized spacial score (nSPS) is 10.3. The van der Waals surface area contributed by atoms with E-state index in [4.69, 9.17) is 0 Å². The topological polar surface area (TPSA) is 0 Å². The van der Waals surface area contributed by atoms with Crippen LogP contribution in [0.5, 0.6) is 0 Å². The molecular formula is C14H15Si. The number of hydrogen-bond acceptors (Lipinski definition) is 0. The van der Waals surface area contributed by atoms with Crippen molar-refractivity contribution in [2.45, 2.75) is 13.8 Å². The summed E-state index contributed by atoms with van der Waals surface area (Å²) < 4.78 is 0. The van der Waals surface area contributed by atoms with Crippen molar-refractivity contribution in [2.75, 3.05) is 0 Å². The molecular weight excluding hydrogens is 196 g/mol. The van der Waals surface area contributed by atoms with Gasteiger partial charge in [0.25, 0.3) is 0 Å². The van der Waals surface area contributed by atoms with Crippen LogP contribution in [0.4, 0.5) is 0 Å².